The van der Waals surface area contributed by atoms with Gasteiger partial charge in [0.05, 0.1) is 5.69 Å². The largest absolute Gasteiger partial charge is 0.296 e. The number of carbonyl (C=O) groups is 1. The molecule has 0 aliphatic rings. The maximum Gasteiger partial charge on any atom is 0.195 e. The third-order valence-electron chi connectivity index (χ3n) is 5.02. The molecule has 0 N–H and O–H groups in total. The fourth-order valence-electron chi connectivity index (χ4n) is 3.51. The molecule has 0 radical (unpaired) electrons. The third kappa shape index (κ3) is 3.00. The number of imidazole rings is 1. The number of aromatic nitrogens is 2. The Labute approximate surface area is 163 Å². The molecule has 0 saturated heterocycles. The third-order valence-corrected chi connectivity index (χ3v) is 5.85. The molecule has 2 heterocycles. The van der Waals surface area contributed by atoms with E-state index in [9.17, 15) is 4.79 Å². The quantitative estimate of drug-likeness (QED) is 0.394. The second kappa shape index (κ2) is 6.78. The summed E-state index contributed by atoms with van der Waals surface area (Å²) in [5.74, 6) is 0.497. The van der Waals surface area contributed by atoms with Crippen LogP contribution in [0.1, 0.15) is 46.9 Å². The number of hydrogen-bond acceptors (Lipinski definition) is 3. The highest BCUT2D eigenvalue weighted by atomic mass is 32.1. The molecule has 3 nitrogen and oxygen atoms in total. The molecule has 2 aromatic carbocycles. The van der Waals surface area contributed by atoms with Crippen LogP contribution in [-0.4, -0.2) is 15.7 Å². The molecule has 0 aliphatic carbocycles. The van der Waals surface area contributed by atoms with Crippen molar-refractivity contribution >= 4 is 22.6 Å². The van der Waals surface area contributed by atoms with Crippen LogP contribution in [0.15, 0.2) is 47.8 Å². The van der Waals surface area contributed by atoms with Gasteiger partial charge in [0, 0.05) is 10.9 Å². The van der Waals surface area contributed by atoms with Crippen molar-refractivity contribution < 1.29 is 4.79 Å². The molecule has 2 aromatic heterocycles. The number of carbonyl (C=O) groups excluding carboxylic acids is 1. The topological polar surface area (TPSA) is 34.4 Å². The van der Waals surface area contributed by atoms with Gasteiger partial charge in [-0.25, -0.2) is 4.98 Å². The van der Waals surface area contributed by atoms with Crippen molar-refractivity contribution in [3.8, 4) is 22.5 Å². The molecule has 0 bridgehead atoms. The van der Waals surface area contributed by atoms with E-state index in [1.165, 1.54) is 11.1 Å². The van der Waals surface area contributed by atoms with Gasteiger partial charge in [-0.15, -0.1) is 11.3 Å². The molecule has 0 aliphatic heterocycles. The lowest BCUT2D eigenvalue weighted by Crippen LogP contribution is -1.95. The van der Waals surface area contributed by atoms with Crippen molar-refractivity contribution in [3.63, 3.8) is 0 Å². The Bertz CT molecular complexity index is 1130. The number of aryl methyl sites for hydroxylation is 2. The Morgan fingerprint density at radius 1 is 1.07 bits per heavy atom. The lowest BCUT2D eigenvalue weighted by molar-refractivity contribution is 0.111. The van der Waals surface area contributed by atoms with Crippen LogP contribution in [-0.2, 0) is 0 Å². The van der Waals surface area contributed by atoms with Crippen molar-refractivity contribution in [2.75, 3.05) is 0 Å². The highest BCUT2D eigenvalue weighted by Gasteiger charge is 2.19. The zero-order chi connectivity index (χ0) is 19.1. The Morgan fingerprint density at radius 3 is 2.44 bits per heavy atom. The molecule has 4 heteroatoms. The average Bonchev–Trinajstić information content (AvgIpc) is 3.20. The minimum atomic E-state index is 0.497. The van der Waals surface area contributed by atoms with Crippen LogP contribution in [0.25, 0.3) is 27.5 Å². The van der Waals surface area contributed by atoms with E-state index in [0.29, 0.717) is 11.6 Å². The summed E-state index contributed by atoms with van der Waals surface area (Å²) in [5, 5.41) is 2.07. The standard InChI is InChI=1S/C23H22N2OS/c1-14(2)17-6-8-18(9-7-17)21-13-27-23-24-22(20(12-26)25(21)23)19-10-5-15(3)11-16(19)4/h5-14H,1-4H3. The van der Waals surface area contributed by atoms with E-state index >= 15 is 0 Å². The van der Waals surface area contributed by atoms with Crippen LogP contribution in [0, 0.1) is 13.8 Å². The van der Waals surface area contributed by atoms with Gasteiger partial charge in [0.1, 0.15) is 11.4 Å². The van der Waals surface area contributed by atoms with Crippen LogP contribution >= 0.6 is 11.3 Å². The fourth-order valence-corrected chi connectivity index (χ4v) is 4.41. The van der Waals surface area contributed by atoms with Crippen LogP contribution in [0.4, 0.5) is 0 Å². The second-order valence-corrected chi connectivity index (χ2v) is 8.13. The Kier molecular flexibility index (Phi) is 4.44. The van der Waals surface area contributed by atoms with E-state index in [-0.39, 0.29) is 0 Å². The van der Waals surface area contributed by atoms with Gasteiger partial charge in [0.25, 0.3) is 0 Å². The molecule has 0 saturated carbocycles. The number of rotatable bonds is 4. The van der Waals surface area contributed by atoms with Gasteiger partial charge in [-0.2, -0.15) is 0 Å². The monoisotopic (exact) mass is 374 g/mol. The van der Waals surface area contributed by atoms with Gasteiger partial charge < -0.3 is 0 Å². The predicted octanol–water partition coefficient (Wildman–Crippen LogP) is 6.28. The molecule has 0 amide bonds. The summed E-state index contributed by atoms with van der Waals surface area (Å²) in [6.07, 6.45) is 0.924. The van der Waals surface area contributed by atoms with Crippen molar-refractivity contribution in [2.24, 2.45) is 0 Å². The van der Waals surface area contributed by atoms with Crippen LogP contribution in [0.5, 0.6) is 0 Å². The first kappa shape index (κ1) is 17.7. The van der Waals surface area contributed by atoms with Crippen LogP contribution < -0.4 is 0 Å². The minimum absolute atomic E-state index is 0.497. The number of benzene rings is 2. The summed E-state index contributed by atoms with van der Waals surface area (Å²) >= 11 is 1.57. The summed E-state index contributed by atoms with van der Waals surface area (Å²) in [6, 6.07) is 14.8. The number of thiazole rings is 1. The maximum atomic E-state index is 12.0. The zero-order valence-electron chi connectivity index (χ0n) is 16.0. The SMILES string of the molecule is Cc1ccc(-c2nc3scc(-c4ccc(C(C)C)cc4)n3c2C=O)c(C)c1. The zero-order valence-corrected chi connectivity index (χ0v) is 16.8. The predicted molar refractivity (Wildman–Crippen MR) is 113 cm³/mol. The molecule has 0 fully saturated rings. The molecule has 0 atom stereocenters. The van der Waals surface area contributed by atoms with Gasteiger partial charge in [-0.1, -0.05) is 61.9 Å². The summed E-state index contributed by atoms with van der Waals surface area (Å²) < 4.78 is 1.98. The molecule has 136 valence electrons. The van der Waals surface area contributed by atoms with Crippen molar-refractivity contribution in [1.29, 1.82) is 0 Å². The van der Waals surface area contributed by atoms with Gasteiger partial charge in [-0.05, 0) is 36.5 Å². The number of aldehydes is 1. The average molecular weight is 375 g/mol. The van der Waals surface area contributed by atoms with Gasteiger partial charge in [-0.3, -0.25) is 9.20 Å². The number of hydrogen-bond donors (Lipinski definition) is 0. The molecule has 27 heavy (non-hydrogen) atoms. The highest BCUT2D eigenvalue weighted by molar-refractivity contribution is 7.15. The van der Waals surface area contributed by atoms with Crippen LogP contribution in [0.2, 0.25) is 0 Å². The second-order valence-electron chi connectivity index (χ2n) is 7.30. The first-order valence-electron chi connectivity index (χ1n) is 9.12. The molecular weight excluding hydrogens is 352 g/mol. The van der Waals surface area contributed by atoms with E-state index in [0.717, 1.165) is 39.3 Å². The lowest BCUT2D eigenvalue weighted by Gasteiger charge is -2.08. The smallest absolute Gasteiger partial charge is 0.195 e. The number of nitrogens with zero attached hydrogens (tertiary/aromatic N) is 2. The van der Waals surface area contributed by atoms with Gasteiger partial charge in [0.2, 0.25) is 0 Å². The number of fused-ring (bicyclic) bond motifs is 1. The van der Waals surface area contributed by atoms with E-state index in [1.54, 1.807) is 11.3 Å². The lowest BCUT2D eigenvalue weighted by atomic mass is 10.0. The summed E-state index contributed by atoms with van der Waals surface area (Å²) in [6.45, 7) is 8.51. The normalized spacial score (nSPS) is 11.4. The van der Waals surface area contributed by atoms with Gasteiger partial charge >= 0.3 is 0 Å². The fraction of sp³-hybridized carbons (Fsp3) is 0.217. The van der Waals surface area contributed by atoms with Crippen LogP contribution in [0.3, 0.4) is 0 Å². The molecule has 0 unspecified atom stereocenters. The Balaban J connectivity index is 1.90. The van der Waals surface area contributed by atoms with E-state index in [4.69, 9.17) is 4.98 Å². The van der Waals surface area contributed by atoms with E-state index in [1.807, 2.05) is 4.40 Å². The van der Waals surface area contributed by atoms with E-state index in [2.05, 4.69) is 75.5 Å². The maximum absolute atomic E-state index is 12.0. The summed E-state index contributed by atoms with van der Waals surface area (Å²) in [5.41, 5.74) is 8.13. The minimum Gasteiger partial charge on any atom is -0.296 e. The first-order valence-corrected chi connectivity index (χ1v) is 10.0. The molecular formula is C23H22N2OS. The van der Waals surface area contributed by atoms with Crippen molar-refractivity contribution in [3.05, 3.63) is 70.2 Å². The molecule has 0 spiro atoms. The van der Waals surface area contributed by atoms with E-state index < -0.39 is 0 Å². The Hall–Kier alpha value is -2.72. The first-order chi connectivity index (χ1) is 13.0. The van der Waals surface area contributed by atoms with Crippen molar-refractivity contribution in [2.45, 2.75) is 33.6 Å². The Morgan fingerprint density at radius 2 is 1.81 bits per heavy atom. The van der Waals surface area contributed by atoms with Gasteiger partial charge in [0.15, 0.2) is 11.2 Å². The summed E-state index contributed by atoms with van der Waals surface area (Å²) in [7, 11) is 0. The van der Waals surface area contributed by atoms with Crippen molar-refractivity contribution in [1.82, 2.24) is 9.38 Å². The highest BCUT2D eigenvalue weighted by Crippen LogP contribution is 2.34. The molecule has 4 aromatic rings. The summed E-state index contributed by atoms with van der Waals surface area (Å²) in [4.78, 5) is 17.7. The molecule has 4 rings (SSSR count).